The molecule has 0 atom stereocenters. The van der Waals surface area contributed by atoms with Gasteiger partial charge in [0.1, 0.15) is 29.7 Å². The zero-order chi connectivity index (χ0) is 11.3. The molecule has 1 fully saturated rings. The maximum absolute atomic E-state index is 11.4. The average Bonchev–Trinajstić information content (AvgIpc) is 2.18. The number of halogens is 1. The van der Waals surface area contributed by atoms with Gasteiger partial charge >= 0.3 is 5.97 Å². The minimum Gasteiger partial charge on any atom is -0.459 e. The largest absolute Gasteiger partial charge is 0.459 e. The second kappa shape index (κ2) is 6.00. The van der Waals surface area contributed by atoms with Gasteiger partial charge in [-0.1, -0.05) is 22.6 Å². The van der Waals surface area contributed by atoms with Crippen molar-refractivity contribution in [2.75, 3.05) is 39.5 Å². The van der Waals surface area contributed by atoms with Crippen LogP contribution in [0.4, 0.5) is 0 Å². The molecule has 0 saturated carbocycles. The Morgan fingerprint density at radius 1 is 1.47 bits per heavy atom. The van der Waals surface area contributed by atoms with Crippen LogP contribution >= 0.6 is 22.6 Å². The SMILES string of the molecule is CC(C)(I)C(=O)OCC[NH+]1CCOCC1. The molecule has 88 valence electrons. The van der Waals surface area contributed by atoms with Crippen LogP contribution in [0.3, 0.4) is 0 Å². The van der Waals surface area contributed by atoms with Crippen molar-refractivity contribution in [1.29, 1.82) is 0 Å². The third kappa shape index (κ3) is 5.12. The van der Waals surface area contributed by atoms with E-state index in [0.717, 1.165) is 32.8 Å². The fraction of sp³-hybridized carbons (Fsp3) is 0.900. The molecule has 0 aromatic carbocycles. The Morgan fingerprint density at radius 2 is 2.07 bits per heavy atom. The van der Waals surface area contributed by atoms with E-state index >= 15 is 0 Å². The standard InChI is InChI=1S/C10H18INO3/c1-10(2,11)9(13)15-8-5-12-3-6-14-7-4-12/h3-8H2,1-2H3/p+1. The average molecular weight is 328 g/mol. The summed E-state index contributed by atoms with van der Waals surface area (Å²) in [6.45, 7) is 8.80. The molecule has 0 unspecified atom stereocenters. The Balaban J connectivity index is 2.12. The molecule has 0 bridgehead atoms. The molecule has 0 aromatic heterocycles. The van der Waals surface area contributed by atoms with E-state index in [9.17, 15) is 4.79 Å². The lowest BCUT2D eigenvalue weighted by Gasteiger charge is -2.24. The summed E-state index contributed by atoms with van der Waals surface area (Å²) in [6.07, 6.45) is 0. The molecule has 1 aliphatic rings. The number of hydrogen-bond acceptors (Lipinski definition) is 3. The van der Waals surface area contributed by atoms with Gasteiger partial charge in [0.2, 0.25) is 0 Å². The third-order valence-electron chi connectivity index (χ3n) is 2.37. The molecule has 1 N–H and O–H groups in total. The molecule has 1 rings (SSSR count). The van der Waals surface area contributed by atoms with Crippen molar-refractivity contribution >= 4 is 28.6 Å². The molecule has 1 saturated heterocycles. The van der Waals surface area contributed by atoms with Gasteiger partial charge in [-0.2, -0.15) is 0 Å². The lowest BCUT2D eigenvalue weighted by molar-refractivity contribution is -0.908. The zero-order valence-corrected chi connectivity index (χ0v) is 11.5. The molecular formula is C10H19INO3+. The van der Waals surface area contributed by atoms with Gasteiger partial charge in [-0.05, 0) is 13.8 Å². The smallest absolute Gasteiger partial charge is 0.321 e. The van der Waals surface area contributed by atoms with Crippen molar-refractivity contribution in [1.82, 2.24) is 0 Å². The van der Waals surface area contributed by atoms with E-state index in [-0.39, 0.29) is 5.97 Å². The molecule has 1 heterocycles. The quantitative estimate of drug-likeness (QED) is 0.436. The van der Waals surface area contributed by atoms with E-state index in [0.29, 0.717) is 6.61 Å². The van der Waals surface area contributed by atoms with Crippen LogP contribution < -0.4 is 4.90 Å². The second-order valence-electron chi connectivity index (χ2n) is 4.22. The van der Waals surface area contributed by atoms with Crippen LogP contribution in [0.1, 0.15) is 13.8 Å². The summed E-state index contributed by atoms with van der Waals surface area (Å²) in [5.41, 5.74) is 0. The van der Waals surface area contributed by atoms with Crippen LogP contribution in [0.2, 0.25) is 0 Å². The molecule has 0 radical (unpaired) electrons. The molecule has 15 heavy (non-hydrogen) atoms. The number of carbonyl (C=O) groups is 1. The Morgan fingerprint density at radius 3 is 2.60 bits per heavy atom. The highest BCUT2D eigenvalue weighted by Crippen LogP contribution is 2.17. The van der Waals surface area contributed by atoms with E-state index in [1.165, 1.54) is 4.90 Å². The van der Waals surface area contributed by atoms with Gasteiger partial charge < -0.3 is 14.4 Å². The molecule has 0 spiro atoms. The van der Waals surface area contributed by atoms with E-state index in [1.54, 1.807) is 0 Å². The Hall–Kier alpha value is 0.120. The first kappa shape index (κ1) is 13.2. The fourth-order valence-electron chi connectivity index (χ4n) is 1.37. The van der Waals surface area contributed by atoms with Crippen molar-refractivity contribution in [3.63, 3.8) is 0 Å². The molecule has 4 nitrogen and oxygen atoms in total. The van der Waals surface area contributed by atoms with Crippen molar-refractivity contribution in [3.05, 3.63) is 0 Å². The number of ether oxygens (including phenoxy) is 2. The van der Waals surface area contributed by atoms with Gasteiger partial charge in [-0.3, -0.25) is 4.79 Å². The minimum absolute atomic E-state index is 0.129. The highest BCUT2D eigenvalue weighted by Gasteiger charge is 2.25. The summed E-state index contributed by atoms with van der Waals surface area (Å²) in [5, 5.41) is 0. The summed E-state index contributed by atoms with van der Waals surface area (Å²) in [4.78, 5) is 12.9. The predicted molar refractivity (Wildman–Crippen MR) is 65.4 cm³/mol. The Labute approximate surface area is 104 Å². The number of esters is 1. The minimum atomic E-state index is -0.419. The van der Waals surface area contributed by atoms with Gasteiger partial charge in [-0.15, -0.1) is 0 Å². The van der Waals surface area contributed by atoms with Gasteiger partial charge in [0.25, 0.3) is 0 Å². The Kier molecular flexibility index (Phi) is 5.28. The number of alkyl halides is 1. The third-order valence-corrected chi connectivity index (χ3v) is 2.81. The van der Waals surface area contributed by atoms with Crippen molar-refractivity contribution in [3.8, 4) is 0 Å². The van der Waals surface area contributed by atoms with Crippen molar-refractivity contribution < 1.29 is 19.2 Å². The van der Waals surface area contributed by atoms with Crippen LogP contribution in [0.5, 0.6) is 0 Å². The second-order valence-corrected chi connectivity index (χ2v) is 6.92. The summed E-state index contributed by atoms with van der Waals surface area (Å²) in [6, 6.07) is 0. The summed E-state index contributed by atoms with van der Waals surface area (Å²) in [5.74, 6) is -0.129. The summed E-state index contributed by atoms with van der Waals surface area (Å²) < 4.78 is 10.0. The number of nitrogens with one attached hydrogen (secondary N) is 1. The van der Waals surface area contributed by atoms with Gasteiger partial charge in [0, 0.05) is 0 Å². The normalized spacial score (nSPS) is 18.9. The van der Waals surface area contributed by atoms with Crippen LogP contribution in [0.15, 0.2) is 0 Å². The lowest BCUT2D eigenvalue weighted by atomic mass is 10.2. The zero-order valence-electron chi connectivity index (χ0n) is 9.35. The highest BCUT2D eigenvalue weighted by molar-refractivity contribution is 14.1. The van der Waals surface area contributed by atoms with Crippen LogP contribution in [0, 0.1) is 0 Å². The van der Waals surface area contributed by atoms with Crippen molar-refractivity contribution in [2.24, 2.45) is 0 Å². The fourth-order valence-corrected chi connectivity index (χ4v) is 1.53. The number of hydrogen-bond donors (Lipinski definition) is 1. The topological polar surface area (TPSA) is 40.0 Å². The molecule has 5 heteroatoms. The molecule has 0 aliphatic carbocycles. The van der Waals surface area contributed by atoms with Gasteiger partial charge in [-0.25, -0.2) is 0 Å². The van der Waals surface area contributed by atoms with Crippen LogP contribution in [-0.2, 0) is 14.3 Å². The van der Waals surface area contributed by atoms with E-state index < -0.39 is 3.42 Å². The monoisotopic (exact) mass is 328 g/mol. The summed E-state index contributed by atoms with van der Waals surface area (Å²) >= 11 is 2.10. The molecule has 0 amide bonds. The number of quaternary nitrogens is 1. The molecule has 0 aromatic rings. The maximum atomic E-state index is 11.4. The highest BCUT2D eigenvalue weighted by atomic mass is 127. The van der Waals surface area contributed by atoms with Crippen LogP contribution in [-0.4, -0.2) is 48.8 Å². The van der Waals surface area contributed by atoms with Gasteiger partial charge in [0.05, 0.1) is 13.2 Å². The predicted octanol–water partition coefficient (Wildman–Crippen LogP) is -0.342. The van der Waals surface area contributed by atoms with E-state index in [2.05, 4.69) is 22.6 Å². The summed E-state index contributed by atoms with van der Waals surface area (Å²) in [7, 11) is 0. The number of carbonyl (C=O) groups excluding carboxylic acids is 1. The van der Waals surface area contributed by atoms with E-state index in [1.807, 2.05) is 13.8 Å². The van der Waals surface area contributed by atoms with Crippen molar-refractivity contribution in [2.45, 2.75) is 17.3 Å². The Bertz CT molecular complexity index is 209. The molecular weight excluding hydrogens is 309 g/mol. The number of rotatable bonds is 4. The first-order valence-corrected chi connectivity index (χ1v) is 6.35. The van der Waals surface area contributed by atoms with E-state index in [4.69, 9.17) is 9.47 Å². The first-order valence-electron chi connectivity index (χ1n) is 5.27. The lowest BCUT2D eigenvalue weighted by Crippen LogP contribution is -3.14. The molecule has 1 aliphatic heterocycles. The number of morpholine rings is 1. The van der Waals surface area contributed by atoms with Gasteiger partial charge in [0.15, 0.2) is 0 Å². The van der Waals surface area contributed by atoms with Crippen LogP contribution in [0.25, 0.3) is 0 Å². The first-order chi connectivity index (χ1) is 7.00. The maximum Gasteiger partial charge on any atom is 0.321 e.